The summed E-state index contributed by atoms with van der Waals surface area (Å²) in [7, 11) is 1.59. The molecule has 0 fully saturated rings. The molecule has 2 N–H and O–H groups in total. The van der Waals surface area contributed by atoms with Gasteiger partial charge in [-0.25, -0.2) is 14.6 Å². The first-order chi connectivity index (χ1) is 38.6. The Balaban J connectivity index is 1.16. The normalized spacial score (nSPS) is 12.8. The van der Waals surface area contributed by atoms with Crippen molar-refractivity contribution in [3.05, 3.63) is 215 Å². The van der Waals surface area contributed by atoms with E-state index in [1.165, 1.54) is 0 Å². The number of aromatic amines is 2. The molecule has 2 aliphatic heterocycles. The van der Waals surface area contributed by atoms with Crippen molar-refractivity contribution in [2.45, 2.75) is 64.3 Å². The summed E-state index contributed by atoms with van der Waals surface area (Å²) in [6.07, 6.45) is 7.96. The van der Waals surface area contributed by atoms with Crippen LogP contribution in [0, 0.1) is 23.2 Å². The Morgan fingerprint density at radius 2 is 1.05 bits per heavy atom. The van der Waals surface area contributed by atoms with Crippen molar-refractivity contribution < 1.29 is 23.3 Å². The Labute approximate surface area is 464 Å². The van der Waals surface area contributed by atoms with Crippen molar-refractivity contribution >= 4 is 54.9 Å². The molecule has 11 nitrogen and oxygen atoms in total. The SMILES string of the molecule is COc1ccc(C(OC[C@H](CC#Cc2c3nc(c(-c4ccccc4)c4ccc(cc5ccc([nH]5)c(-c5ccccc5)c5nc2C=C5)[nH]4)C=C3)OP(OCCC#N)N(C(C)C)C(C)C)(c2ccccc2)c2ccc(OC)cc2)cc1. The zero-order valence-electron chi connectivity index (χ0n) is 45.3. The standard InChI is InChI=1S/C67H63N6O5P/c1-46(2)73(47(3)4)79(77-43-17-42-68)78-57(45-76-67(50-22-14-9-15-23-50,51-26-32-55(74-5)33-27-51)52-28-34-56(75-6)35-29-52)24-16-25-58-59-38-40-63(71-59)65(48-18-10-7-11-19-48)61-36-30-53(69-61)44-54-31-37-62(70-54)66(49-20-12-8-13-21-49)64-41-39-60(58)72-64/h7-15,18-23,26-41,44,46-47,57,69-70H,17,24,43,45H2,1-6H3/t57-,79?/m0/s1. The summed E-state index contributed by atoms with van der Waals surface area (Å²) in [5, 5.41) is 9.68. The minimum absolute atomic E-state index is 0.0513. The number of nitrogens with one attached hydrogen (secondary N) is 2. The fourth-order valence-electron chi connectivity index (χ4n) is 10.2. The number of H-pyrrole nitrogens is 2. The summed E-state index contributed by atoms with van der Waals surface area (Å²) in [4.78, 5) is 18.2. The van der Waals surface area contributed by atoms with Crippen molar-refractivity contribution in [1.29, 1.82) is 5.26 Å². The Morgan fingerprint density at radius 3 is 1.52 bits per heavy atom. The van der Waals surface area contributed by atoms with Crippen molar-refractivity contribution in [1.82, 2.24) is 24.6 Å². The molecule has 5 aromatic carbocycles. The largest absolute Gasteiger partial charge is 0.497 e. The molecule has 0 amide bonds. The summed E-state index contributed by atoms with van der Waals surface area (Å²) >= 11 is 0. The molecule has 2 aliphatic rings. The van der Waals surface area contributed by atoms with Crippen molar-refractivity contribution in [3.8, 4) is 51.7 Å². The number of ether oxygens (including phenoxy) is 3. The molecule has 2 atom stereocenters. The Hall–Kier alpha value is -8.38. The number of fused-ring (bicyclic) bond motifs is 8. The summed E-state index contributed by atoms with van der Waals surface area (Å²) < 4.78 is 34.9. The van der Waals surface area contributed by atoms with Crippen molar-refractivity contribution in [3.63, 3.8) is 0 Å². The van der Waals surface area contributed by atoms with Crippen LogP contribution in [0.15, 0.2) is 170 Å². The zero-order valence-corrected chi connectivity index (χ0v) is 46.2. The summed E-state index contributed by atoms with van der Waals surface area (Å²) in [6.45, 7) is 8.80. The van der Waals surface area contributed by atoms with Gasteiger partial charge in [0.1, 0.15) is 17.1 Å². The van der Waals surface area contributed by atoms with Crippen LogP contribution in [-0.2, 0) is 19.4 Å². The molecule has 0 saturated carbocycles. The number of aromatic nitrogens is 4. The van der Waals surface area contributed by atoms with Crippen LogP contribution in [0.2, 0.25) is 0 Å². The molecule has 0 radical (unpaired) electrons. The van der Waals surface area contributed by atoms with Gasteiger partial charge >= 0.3 is 0 Å². The fraction of sp³-hybridized carbons (Fsp3) is 0.209. The first-order valence-electron chi connectivity index (χ1n) is 26.6. The molecule has 1 unspecified atom stereocenters. The lowest BCUT2D eigenvalue weighted by atomic mass is 9.80. The lowest BCUT2D eigenvalue weighted by molar-refractivity contribution is -0.0328. The topological polar surface area (TPSA) is 131 Å². The van der Waals surface area contributed by atoms with E-state index in [9.17, 15) is 5.26 Å². The van der Waals surface area contributed by atoms with Crippen LogP contribution in [0.5, 0.6) is 11.5 Å². The highest BCUT2D eigenvalue weighted by Crippen LogP contribution is 2.49. The molecule has 10 rings (SSSR count). The smallest absolute Gasteiger partial charge is 0.259 e. The third kappa shape index (κ3) is 12.0. The van der Waals surface area contributed by atoms with E-state index in [2.05, 4.69) is 139 Å². The predicted octanol–water partition coefficient (Wildman–Crippen LogP) is 15.4. The lowest BCUT2D eigenvalue weighted by Gasteiger charge is -2.39. The molecule has 3 aromatic heterocycles. The molecular weight excluding hydrogens is 1000 g/mol. The van der Waals surface area contributed by atoms with Crippen molar-refractivity contribution in [2.24, 2.45) is 0 Å². The highest BCUT2D eigenvalue weighted by atomic mass is 31.2. The maximum atomic E-state index is 9.68. The van der Waals surface area contributed by atoms with Crippen LogP contribution in [0.3, 0.4) is 0 Å². The van der Waals surface area contributed by atoms with E-state index >= 15 is 0 Å². The van der Waals surface area contributed by atoms with E-state index in [0.29, 0.717) is 17.0 Å². The second kappa shape index (κ2) is 25.0. The van der Waals surface area contributed by atoms with E-state index in [-0.39, 0.29) is 38.1 Å². The molecule has 0 aliphatic carbocycles. The molecule has 8 aromatic rings. The second-order valence-corrected chi connectivity index (χ2v) is 21.1. The molecule has 8 bridgehead atoms. The maximum Gasteiger partial charge on any atom is 0.259 e. The number of nitrogens with zero attached hydrogens (tertiary/aromatic N) is 4. The number of methoxy groups -OCH3 is 2. The molecular formula is C67H63N6O5P. The van der Waals surface area contributed by atoms with Gasteiger partial charge in [0, 0.05) is 51.7 Å². The zero-order chi connectivity index (χ0) is 54.7. The highest BCUT2D eigenvalue weighted by molar-refractivity contribution is 7.44. The molecule has 79 heavy (non-hydrogen) atoms. The van der Waals surface area contributed by atoms with Gasteiger partial charge in [0.05, 0.1) is 74.4 Å². The van der Waals surface area contributed by atoms with Crippen LogP contribution in [0.1, 0.15) is 85.6 Å². The first kappa shape index (κ1) is 54.0. The van der Waals surface area contributed by atoms with E-state index in [1.54, 1.807) is 14.2 Å². The maximum absolute atomic E-state index is 9.68. The lowest BCUT2D eigenvalue weighted by Crippen LogP contribution is -2.38. The summed E-state index contributed by atoms with van der Waals surface area (Å²) in [6, 6.07) is 59.7. The average molecular weight is 1060 g/mol. The van der Waals surface area contributed by atoms with Gasteiger partial charge in [-0.05, 0) is 134 Å². The van der Waals surface area contributed by atoms with Gasteiger partial charge in [-0.1, -0.05) is 127 Å². The van der Waals surface area contributed by atoms with Gasteiger partial charge in [-0.15, -0.1) is 0 Å². The Bertz CT molecular complexity index is 3540. The van der Waals surface area contributed by atoms with Crippen molar-refractivity contribution in [2.75, 3.05) is 27.4 Å². The predicted molar refractivity (Wildman–Crippen MR) is 320 cm³/mol. The van der Waals surface area contributed by atoms with E-state index in [4.69, 9.17) is 33.2 Å². The van der Waals surface area contributed by atoms with E-state index in [1.807, 2.05) is 115 Å². The quantitative estimate of drug-likeness (QED) is 0.0352. The number of benzene rings is 5. The Morgan fingerprint density at radius 1 is 0.582 bits per heavy atom. The third-order valence-corrected chi connectivity index (χ3v) is 16.0. The van der Waals surface area contributed by atoms with Gasteiger partial charge in [0.15, 0.2) is 0 Å². The molecule has 12 heteroatoms. The van der Waals surface area contributed by atoms with E-state index < -0.39 is 20.2 Å². The number of hydrogen-bond donors (Lipinski definition) is 2. The van der Waals surface area contributed by atoms with Gasteiger partial charge in [0.2, 0.25) is 0 Å². The minimum Gasteiger partial charge on any atom is -0.497 e. The molecule has 5 heterocycles. The number of hydrogen-bond acceptors (Lipinski definition) is 9. The Kier molecular flexibility index (Phi) is 17.1. The third-order valence-electron chi connectivity index (χ3n) is 13.8. The number of rotatable bonds is 19. The molecule has 0 saturated heterocycles. The summed E-state index contributed by atoms with van der Waals surface area (Å²) in [5.74, 6) is 8.66. The van der Waals surface area contributed by atoms with E-state index in [0.717, 1.165) is 83.9 Å². The average Bonchev–Trinajstić information content (AvgIpc) is 4.43. The first-order valence-corrected chi connectivity index (χ1v) is 27.7. The summed E-state index contributed by atoms with van der Waals surface area (Å²) in [5.41, 5.74) is 12.8. The van der Waals surface area contributed by atoms with Crippen LogP contribution >= 0.6 is 8.53 Å². The van der Waals surface area contributed by atoms with Crippen LogP contribution in [-0.4, -0.2) is 70.2 Å². The van der Waals surface area contributed by atoms with Crippen LogP contribution < -0.4 is 9.47 Å². The van der Waals surface area contributed by atoms with Gasteiger partial charge in [-0.2, -0.15) is 5.26 Å². The highest BCUT2D eigenvalue weighted by Gasteiger charge is 2.40. The van der Waals surface area contributed by atoms with Gasteiger partial charge in [0.25, 0.3) is 8.53 Å². The second-order valence-electron chi connectivity index (χ2n) is 19.7. The van der Waals surface area contributed by atoms with Crippen LogP contribution in [0.4, 0.5) is 0 Å². The van der Waals surface area contributed by atoms with Crippen LogP contribution in [0.25, 0.3) is 68.6 Å². The molecule has 0 spiro atoms. The number of nitriles is 1. The van der Waals surface area contributed by atoms with Gasteiger partial charge in [-0.3, -0.25) is 0 Å². The monoisotopic (exact) mass is 1060 g/mol. The van der Waals surface area contributed by atoms with Gasteiger partial charge < -0.3 is 33.2 Å². The minimum atomic E-state index is -1.73. The fourth-order valence-corrected chi connectivity index (χ4v) is 11.9. The molecule has 396 valence electrons.